The van der Waals surface area contributed by atoms with Crippen LogP contribution < -0.4 is 5.32 Å². The molecule has 0 bridgehead atoms. The number of carbonyl (C=O) groups excluding carboxylic acids is 1. The predicted octanol–water partition coefficient (Wildman–Crippen LogP) is 4.13. The van der Waals surface area contributed by atoms with Gasteiger partial charge in [-0.1, -0.05) is 29.0 Å². The minimum atomic E-state index is -3.26. The summed E-state index contributed by atoms with van der Waals surface area (Å²) in [6.45, 7) is 2.04. The second-order valence-corrected chi connectivity index (χ2v) is 10.1. The summed E-state index contributed by atoms with van der Waals surface area (Å²) in [4.78, 5) is 17.8. The van der Waals surface area contributed by atoms with Gasteiger partial charge in [0.25, 0.3) is 0 Å². The largest absolute Gasteiger partial charge is 0.302 e. The summed E-state index contributed by atoms with van der Waals surface area (Å²) in [6, 6.07) is 13.0. The number of benzene rings is 2. The van der Waals surface area contributed by atoms with E-state index in [4.69, 9.17) is 0 Å². The number of anilines is 1. The van der Waals surface area contributed by atoms with Gasteiger partial charge in [0.1, 0.15) is 0 Å². The summed E-state index contributed by atoms with van der Waals surface area (Å²) in [5.74, 6) is 0.574. The molecule has 0 aliphatic rings. The average molecular weight is 407 g/mol. The Morgan fingerprint density at radius 2 is 1.92 bits per heavy atom. The highest BCUT2D eigenvalue weighted by Gasteiger charge is 2.12. The van der Waals surface area contributed by atoms with Crippen LogP contribution in [0.15, 0.2) is 52.3 Å². The van der Waals surface area contributed by atoms with Gasteiger partial charge in [-0.3, -0.25) is 4.79 Å². The number of thiazole rings is 1. The Morgan fingerprint density at radius 3 is 2.62 bits per heavy atom. The Kier molecular flexibility index (Phi) is 5.64. The third-order valence-corrected chi connectivity index (χ3v) is 6.71. The van der Waals surface area contributed by atoms with Crippen molar-refractivity contribution in [1.29, 1.82) is 0 Å². The lowest BCUT2D eigenvalue weighted by atomic mass is 10.2. The summed E-state index contributed by atoms with van der Waals surface area (Å²) >= 11 is 2.91. The number of rotatable bonds is 6. The lowest BCUT2D eigenvalue weighted by Gasteiger charge is -2.02. The number of sulfone groups is 1. The van der Waals surface area contributed by atoms with Crippen molar-refractivity contribution in [3.05, 3.63) is 48.0 Å². The van der Waals surface area contributed by atoms with Gasteiger partial charge in [0.15, 0.2) is 15.0 Å². The van der Waals surface area contributed by atoms with E-state index in [0.29, 0.717) is 22.8 Å². The number of carbonyl (C=O) groups is 1. The molecule has 0 spiro atoms. The van der Waals surface area contributed by atoms with Gasteiger partial charge in [-0.2, -0.15) is 0 Å². The Labute approximate surface area is 160 Å². The first-order valence-corrected chi connectivity index (χ1v) is 11.6. The zero-order valence-corrected chi connectivity index (χ0v) is 16.8. The maximum absolute atomic E-state index is 12.1. The van der Waals surface area contributed by atoms with Crippen molar-refractivity contribution in [2.45, 2.75) is 23.1 Å². The number of aryl methyl sites for hydroxylation is 1. The van der Waals surface area contributed by atoms with E-state index in [2.05, 4.69) is 10.3 Å². The first kappa shape index (κ1) is 18.9. The highest BCUT2D eigenvalue weighted by Crippen LogP contribution is 2.28. The molecule has 0 saturated heterocycles. The zero-order valence-electron chi connectivity index (χ0n) is 14.4. The maximum atomic E-state index is 12.1. The third kappa shape index (κ3) is 4.84. The number of aromatic nitrogens is 1. The molecule has 0 radical (unpaired) electrons. The van der Waals surface area contributed by atoms with Gasteiger partial charge in [0.05, 0.1) is 15.1 Å². The quantitative estimate of drug-likeness (QED) is 0.623. The highest BCUT2D eigenvalue weighted by molar-refractivity contribution is 7.99. The normalized spacial score (nSPS) is 11.6. The van der Waals surface area contributed by atoms with E-state index < -0.39 is 9.84 Å². The molecule has 1 heterocycles. The van der Waals surface area contributed by atoms with E-state index >= 15 is 0 Å². The van der Waals surface area contributed by atoms with Gasteiger partial charge in [-0.25, -0.2) is 13.4 Å². The van der Waals surface area contributed by atoms with E-state index in [1.807, 2.05) is 31.2 Å². The van der Waals surface area contributed by atoms with Crippen LogP contribution in [-0.4, -0.2) is 31.3 Å². The van der Waals surface area contributed by atoms with E-state index in [1.54, 1.807) is 23.9 Å². The van der Waals surface area contributed by atoms with Crippen LogP contribution in [-0.2, 0) is 14.6 Å². The van der Waals surface area contributed by atoms with Crippen LogP contribution in [0, 0.1) is 6.92 Å². The summed E-state index contributed by atoms with van der Waals surface area (Å²) in [5.41, 5.74) is 1.88. The van der Waals surface area contributed by atoms with E-state index in [1.165, 1.54) is 29.2 Å². The van der Waals surface area contributed by atoms with Gasteiger partial charge in [-0.15, -0.1) is 11.8 Å². The number of nitrogens with one attached hydrogen (secondary N) is 1. The van der Waals surface area contributed by atoms with Crippen LogP contribution in [0.2, 0.25) is 0 Å². The van der Waals surface area contributed by atoms with Crippen molar-refractivity contribution >= 4 is 54.2 Å². The Balaban J connectivity index is 1.59. The van der Waals surface area contributed by atoms with E-state index in [9.17, 15) is 13.2 Å². The number of hydrogen-bond acceptors (Lipinski definition) is 6. The Morgan fingerprint density at radius 1 is 1.19 bits per heavy atom. The number of fused-ring (bicyclic) bond motifs is 1. The maximum Gasteiger partial charge on any atom is 0.226 e. The van der Waals surface area contributed by atoms with Crippen LogP contribution >= 0.6 is 23.1 Å². The second-order valence-electron chi connectivity index (χ2n) is 5.88. The van der Waals surface area contributed by atoms with Crippen molar-refractivity contribution in [2.24, 2.45) is 0 Å². The van der Waals surface area contributed by atoms with Crippen LogP contribution in [0.5, 0.6) is 0 Å². The molecule has 0 unspecified atom stereocenters. The van der Waals surface area contributed by atoms with Crippen LogP contribution in [0.25, 0.3) is 10.2 Å². The van der Waals surface area contributed by atoms with E-state index in [0.717, 1.165) is 9.60 Å². The lowest BCUT2D eigenvalue weighted by molar-refractivity contribution is -0.115. The molecule has 1 amide bonds. The zero-order chi connectivity index (χ0) is 18.7. The molecule has 0 aliphatic carbocycles. The van der Waals surface area contributed by atoms with Crippen molar-refractivity contribution < 1.29 is 13.2 Å². The Bertz CT molecular complexity index is 1040. The molecule has 0 fully saturated rings. The molecule has 2 aromatic carbocycles. The second kappa shape index (κ2) is 7.77. The van der Waals surface area contributed by atoms with Crippen LogP contribution in [0.4, 0.5) is 5.13 Å². The van der Waals surface area contributed by atoms with Gasteiger partial charge in [-0.05, 0) is 37.3 Å². The number of nitrogens with zero attached hydrogens (tertiary/aromatic N) is 1. The molecular weight excluding hydrogens is 388 g/mol. The average Bonchev–Trinajstić information content (AvgIpc) is 2.97. The van der Waals surface area contributed by atoms with Gasteiger partial charge >= 0.3 is 0 Å². The summed E-state index contributed by atoms with van der Waals surface area (Å²) in [5, 5.41) is 3.27. The molecule has 136 valence electrons. The van der Waals surface area contributed by atoms with Crippen LogP contribution in [0.1, 0.15) is 12.0 Å². The fraction of sp³-hybridized carbons (Fsp3) is 0.222. The SMILES string of the molecule is Cc1ccc(SCCC(=O)Nc2nc3ccc(S(C)(=O)=O)cc3s2)cc1. The summed E-state index contributed by atoms with van der Waals surface area (Å²) < 4.78 is 24.0. The Hall–Kier alpha value is -1.90. The molecule has 26 heavy (non-hydrogen) atoms. The molecule has 1 N–H and O–H groups in total. The first-order valence-electron chi connectivity index (χ1n) is 7.91. The fourth-order valence-electron chi connectivity index (χ4n) is 2.27. The van der Waals surface area contributed by atoms with Crippen molar-refractivity contribution in [1.82, 2.24) is 4.98 Å². The third-order valence-electron chi connectivity index (χ3n) is 3.65. The van der Waals surface area contributed by atoms with Crippen molar-refractivity contribution in [3.8, 4) is 0 Å². The molecule has 0 aliphatic heterocycles. The molecule has 3 aromatic rings. The topological polar surface area (TPSA) is 76.1 Å². The lowest BCUT2D eigenvalue weighted by Crippen LogP contribution is -2.11. The van der Waals surface area contributed by atoms with Crippen molar-refractivity contribution in [2.75, 3.05) is 17.3 Å². The summed E-state index contributed by atoms with van der Waals surface area (Å²) in [6.07, 6.45) is 1.55. The smallest absolute Gasteiger partial charge is 0.226 e. The molecule has 1 aromatic heterocycles. The molecule has 0 saturated carbocycles. The minimum absolute atomic E-state index is 0.105. The number of amides is 1. The minimum Gasteiger partial charge on any atom is -0.302 e. The number of thioether (sulfide) groups is 1. The number of hydrogen-bond donors (Lipinski definition) is 1. The first-order chi connectivity index (χ1) is 12.3. The highest BCUT2D eigenvalue weighted by atomic mass is 32.2. The summed E-state index contributed by atoms with van der Waals surface area (Å²) in [7, 11) is -3.26. The van der Waals surface area contributed by atoms with Gasteiger partial charge < -0.3 is 5.32 Å². The molecular formula is C18H18N2O3S3. The molecule has 0 atom stereocenters. The molecule has 3 rings (SSSR count). The molecule has 5 nitrogen and oxygen atoms in total. The fourth-order valence-corrected chi connectivity index (χ4v) is 4.76. The molecule has 8 heteroatoms. The van der Waals surface area contributed by atoms with Gasteiger partial charge in [0, 0.05) is 23.3 Å². The van der Waals surface area contributed by atoms with Crippen molar-refractivity contribution in [3.63, 3.8) is 0 Å². The van der Waals surface area contributed by atoms with E-state index in [-0.39, 0.29) is 10.8 Å². The monoisotopic (exact) mass is 406 g/mol. The predicted molar refractivity (Wildman–Crippen MR) is 108 cm³/mol. The standard InChI is InChI=1S/C18H18N2O3S3/c1-12-3-5-13(6-4-12)24-10-9-17(21)20-18-19-15-8-7-14(26(2,22)23)11-16(15)25-18/h3-8,11H,9-10H2,1-2H3,(H,19,20,21). The van der Waals surface area contributed by atoms with Crippen LogP contribution in [0.3, 0.4) is 0 Å². The van der Waals surface area contributed by atoms with Gasteiger partial charge in [0.2, 0.25) is 5.91 Å².